The average Bonchev–Trinajstić information content (AvgIpc) is 2.36. The lowest BCUT2D eigenvalue weighted by atomic mass is 10.2. The molecule has 0 aliphatic heterocycles. The molecule has 60 valence electrons. The summed E-state index contributed by atoms with van der Waals surface area (Å²) in [6, 6.07) is 0.620. The predicted octanol–water partition coefficient (Wildman–Crippen LogP) is 1.16. The van der Waals surface area contributed by atoms with Crippen molar-refractivity contribution in [2.75, 3.05) is 13.7 Å². The molecule has 10 heavy (non-hydrogen) atoms. The van der Waals surface area contributed by atoms with Gasteiger partial charge in [0, 0.05) is 13.2 Å². The summed E-state index contributed by atoms with van der Waals surface area (Å²) in [5, 5.41) is 3.42. The Morgan fingerprint density at radius 3 is 2.90 bits per heavy atom. The second kappa shape index (κ2) is 3.94. The smallest absolute Gasteiger partial charge is 0.0724 e. The minimum atomic E-state index is 0.472. The van der Waals surface area contributed by atoms with Gasteiger partial charge in [0.05, 0.1) is 6.10 Å². The zero-order valence-electron chi connectivity index (χ0n) is 6.89. The summed E-state index contributed by atoms with van der Waals surface area (Å²) in [4.78, 5) is 0. The number of rotatable bonds is 3. The Morgan fingerprint density at radius 2 is 2.30 bits per heavy atom. The van der Waals surface area contributed by atoms with Gasteiger partial charge >= 0.3 is 0 Å². The van der Waals surface area contributed by atoms with E-state index in [0.717, 1.165) is 6.54 Å². The van der Waals surface area contributed by atoms with Crippen molar-refractivity contribution in [3.63, 3.8) is 0 Å². The zero-order chi connectivity index (χ0) is 7.40. The number of ether oxygens (including phenoxy) is 1. The number of methoxy groups -OCH3 is 1. The third-order valence-corrected chi connectivity index (χ3v) is 2.22. The number of hydrogen-bond acceptors (Lipinski definition) is 2. The van der Waals surface area contributed by atoms with E-state index in [0.29, 0.717) is 12.1 Å². The molecule has 1 aliphatic rings. The van der Waals surface area contributed by atoms with Crippen LogP contribution in [0.5, 0.6) is 0 Å². The molecule has 0 heterocycles. The largest absolute Gasteiger partial charge is 0.380 e. The van der Waals surface area contributed by atoms with Gasteiger partial charge in [-0.25, -0.2) is 0 Å². The third-order valence-electron chi connectivity index (χ3n) is 2.22. The summed E-state index contributed by atoms with van der Waals surface area (Å²) in [5.41, 5.74) is 0. The van der Waals surface area contributed by atoms with Crippen LogP contribution in [-0.4, -0.2) is 25.8 Å². The van der Waals surface area contributed by atoms with E-state index in [1.165, 1.54) is 19.3 Å². The quantitative estimate of drug-likeness (QED) is 0.640. The second-order valence-corrected chi connectivity index (χ2v) is 2.87. The topological polar surface area (TPSA) is 21.3 Å². The molecule has 2 heteroatoms. The van der Waals surface area contributed by atoms with Crippen LogP contribution in [-0.2, 0) is 4.74 Å². The van der Waals surface area contributed by atoms with Gasteiger partial charge in [0.2, 0.25) is 0 Å². The van der Waals surface area contributed by atoms with E-state index in [-0.39, 0.29) is 0 Å². The first-order chi connectivity index (χ1) is 4.88. The van der Waals surface area contributed by atoms with Crippen LogP contribution < -0.4 is 5.32 Å². The van der Waals surface area contributed by atoms with Crippen molar-refractivity contribution >= 4 is 0 Å². The summed E-state index contributed by atoms with van der Waals surface area (Å²) in [7, 11) is 1.81. The fourth-order valence-electron chi connectivity index (χ4n) is 1.70. The minimum absolute atomic E-state index is 0.472. The monoisotopic (exact) mass is 143 g/mol. The molecule has 1 fully saturated rings. The molecule has 0 bridgehead atoms. The molecule has 0 aromatic carbocycles. The number of likely N-dealkylation sites (N-methyl/N-ethyl adjacent to an activating group) is 1. The molecule has 2 atom stereocenters. The third kappa shape index (κ3) is 1.70. The standard InChI is InChI=1S/C8H17NO/c1-3-9-7-5-4-6-8(7)10-2/h7-9H,3-6H2,1-2H3/t7-,8+/m0/s1. The van der Waals surface area contributed by atoms with Crippen molar-refractivity contribution in [1.29, 1.82) is 0 Å². The summed E-state index contributed by atoms with van der Waals surface area (Å²) >= 11 is 0. The molecule has 0 spiro atoms. The van der Waals surface area contributed by atoms with E-state index >= 15 is 0 Å². The van der Waals surface area contributed by atoms with Crippen LogP contribution in [0.1, 0.15) is 26.2 Å². The molecule has 0 aromatic rings. The van der Waals surface area contributed by atoms with Gasteiger partial charge in [-0.05, 0) is 25.8 Å². The van der Waals surface area contributed by atoms with Gasteiger partial charge in [0.15, 0.2) is 0 Å². The van der Waals surface area contributed by atoms with E-state index in [4.69, 9.17) is 4.74 Å². The average molecular weight is 143 g/mol. The van der Waals surface area contributed by atoms with Crippen molar-refractivity contribution in [2.24, 2.45) is 0 Å². The maximum atomic E-state index is 5.31. The van der Waals surface area contributed by atoms with Crippen LogP contribution in [0.3, 0.4) is 0 Å². The molecule has 1 aliphatic carbocycles. The molecule has 1 N–H and O–H groups in total. The highest BCUT2D eigenvalue weighted by atomic mass is 16.5. The Balaban J connectivity index is 2.27. The molecule has 2 nitrogen and oxygen atoms in total. The van der Waals surface area contributed by atoms with E-state index in [1.54, 1.807) is 7.11 Å². The summed E-state index contributed by atoms with van der Waals surface area (Å²) in [5.74, 6) is 0. The van der Waals surface area contributed by atoms with E-state index < -0.39 is 0 Å². The van der Waals surface area contributed by atoms with Gasteiger partial charge in [0.1, 0.15) is 0 Å². The van der Waals surface area contributed by atoms with Crippen molar-refractivity contribution in [2.45, 2.75) is 38.3 Å². The van der Waals surface area contributed by atoms with Gasteiger partial charge in [-0.1, -0.05) is 6.92 Å². The van der Waals surface area contributed by atoms with E-state index in [1.807, 2.05) is 0 Å². The lowest BCUT2D eigenvalue weighted by Gasteiger charge is -2.18. The molecule has 0 saturated heterocycles. The first-order valence-electron chi connectivity index (χ1n) is 4.14. The van der Waals surface area contributed by atoms with Gasteiger partial charge in [0.25, 0.3) is 0 Å². The number of nitrogens with one attached hydrogen (secondary N) is 1. The highest BCUT2D eigenvalue weighted by Gasteiger charge is 2.25. The predicted molar refractivity (Wildman–Crippen MR) is 42.1 cm³/mol. The van der Waals surface area contributed by atoms with Gasteiger partial charge < -0.3 is 10.1 Å². The molecule has 1 rings (SSSR count). The van der Waals surface area contributed by atoms with Crippen LogP contribution in [0.25, 0.3) is 0 Å². The van der Waals surface area contributed by atoms with Crippen molar-refractivity contribution in [3.8, 4) is 0 Å². The molecule has 0 radical (unpaired) electrons. The van der Waals surface area contributed by atoms with Crippen LogP contribution in [0.15, 0.2) is 0 Å². The van der Waals surface area contributed by atoms with Crippen molar-refractivity contribution in [3.05, 3.63) is 0 Å². The van der Waals surface area contributed by atoms with E-state index in [9.17, 15) is 0 Å². The maximum Gasteiger partial charge on any atom is 0.0724 e. The fourth-order valence-corrected chi connectivity index (χ4v) is 1.70. The van der Waals surface area contributed by atoms with E-state index in [2.05, 4.69) is 12.2 Å². The van der Waals surface area contributed by atoms with Crippen molar-refractivity contribution < 1.29 is 4.74 Å². The fraction of sp³-hybridized carbons (Fsp3) is 1.00. The SMILES string of the molecule is CCN[C@H]1CCC[C@H]1OC. The Kier molecular flexibility index (Phi) is 3.16. The molecular formula is C8H17NO. The Morgan fingerprint density at radius 1 is 1.50 bits per heavy atom. The first kappa shape index (κ1) is 8.02. The molecule has 0 unspecified atom stereocenters. The highest BCUT2D eigenvalue weighted by Crippen LogP contribution is 2.20. The number of hydrogen-bond donors (Lipinski definition) is 1. The van der Waals surface area contributed by atoms with Gasteiger partial charge in [-0.2, -0.15) is 0 Å². The van der Waals surface area contributed by atoms with Crippen LogP contribution in [0.2, 0.25) is 0 Å². The van der Waals surface area contributed by atoms with Gasteiger partial charge in [-0.3, -0.25) is 0 Å². The molecule has 1 saturated carbocycles. The first-order valence-corrected chi connectivity index (χ1v) is 4.14. The summed E-state index contributed by atoms with van der Waals surface area (Å²) in [6.07, 6.45) is 4.30. The van der Waals surface area contributed by atoms with Gasteiger partial charge in [-0.15, -0.1) is 0 Å². The summed E-state index contributed by atoms with van der Waals surface area (Å²) < 4.78 is 5.31. The van der Waals surface area contributed by atoms with Crippen LogP contribution >= 0.6 is 0 Å². The van der Waals surface area contributed by atoms with Crippen molar-refractivity contribution in [1.82, 2.24) is 5.32 Å². The van der Waals surface area contributed by atoms with Crippen LogP contribution in [0.4, 0.5) is 0 Å². The molecular weight excluding hydrogens is 126 g/mol. The minimum Gasteiger partial charge on any atom is -0.380 e. The maximum absolute atomic E-state index is 5.31. The second-order valence-electron chi connectivity index (χ2n) is 2.87. The molecule has 0 amide bonds. The summed E-state index contributed by atoms with van der Waals surface area (Å²) in [6.45, 7) is 3.20. The zero-order valence-corrected chi connectivity index (χ0v) is 6.89. The Hall–Kier alpha value is -0.0800. The lowest BCUT2D eigenvalue weighted by molar-refractivity contribution is 0.0858. The Labute approximate surface area is 63.0 Å². The van der Waals surface area contributed by atoms with Crippen LogP contribution in [0, 0.1) is 0 Å². The Bertz CT molecular complexity index is 95.3. The molecule has 0 aromatic heterocycles. The normalized spacial score (nSPS) is 33.0. The lowest BCUT2D eigenvalue weighted by Crippen LogP contribution is -2.36. The highest BCUT2D eigenvalue weighted by molar-refractivity contribution is 4.83.